The molecule has 0 bridgehead atoms. The maximum Gasteiger partial charge on any atom is 0.408 e. The van der Waals surface area contributed by atoms with Crippen molar-refractivity contribution in [3.63, 3.8) is 0 Å². The topological polar surface area (TPSA) is 105 Å². The van der Waals surface area contributed by atoms with E-state index in [1.807, 2.05) is 6.07 Å². The summed E-state index contributed by atoms with van der Waals surface area (Å²) >= 11 is 0. The number of ether oxygens (including phenoxy) is 1. The third kappa shape index (κ3) is 4.24. The molecular weight excluding hydrogens is 262 g/mol. The molecule has 1 N–H and O–H groups in total. The van der Waals surface area contributed by atoms with E-state index in [1.165, 1.54) is 18.2 Å². The zero-order valence-corrected chi connectivity index (χ0v) is 11.4. The number of para-hydroxylation sites is 1. The molecule has 0 aliphatic heterocycles. The summed E-state index contributed by atoms with van der Waals surface area (Å²) in [7, 11) is 0. The molecule has 0 aliphatic carbocycles. The lowest BCUT2D eigenvalue weighted by Gasteiger charge is -2.21. The van der Waals surface area contributed by atoms with Gasteiger partial charge in [-0.25, -0.2) is 4.79 Å². The summed E-state index contributed by atoms with van der Waals surface area (Å²) in [6.07, 6.45) is -0.804. The fourth-order valence-corrected chi connectivity index (χ4v) is 1.50. The van der Waals surface area contributed by atoms with E-state index in [0.29, 0.717) is 0 Å². The monoisotopic (exact) mass is 277 g/mol. The number of nitrogens with one attached hydrogen (secondary N) is 1. The van der Waals surface area contributed by atoms with Crippen LogP contribution in [0.5, 0.6) is 0 Å². The molecule has 0 aromatic heterocycles. The Bertz CT molecular complexity index is 557. The smallest absolute Gasteiger partial charge is 0.408 e. The summed E-state index contributed by atoms with van der Waals surface area (Å²) in [5, 5.41) is 22.3. The number of nitro groups is 1. The van der Waals surface area contributed by atoms with E-state index in [0.717, 1.165) is 0 Å². The number of carbonyl (C=O) groups excluding carboxylic acids is 1. The molecule has 1 unspecified atom stereocenters. The first-order chi connectivity index (χ1) is 9.24. The van der Waals surface area contributed by atoms with Crippen LogP contribution in [0.25, 0.3) is 0 Å². The standard InChI is InChI=1S/C13H15N3O4/c1-13(2,3)20-12(17)15-10(8-14)9-6-4-5-7-11(9)16(18)19/h4-7,10H,1-3H3,(H,15,17). The molecule has 1 aromatic carbocycles. The zero-order chi connectivity index (χ0) is 15.3. The molecule has 0 saturated carbocycles. The molecule has 7 heteroatoms. The van der Waals surface area contributed by atoms with Crippen molar-refractivity contribution < 1.29 is 14.5 Å². The van der Waals surface area contributed by atoms with Crippen molar-refractivity contribution >= 4 is 11.8 Å². The first-order valence-corrected chi connectivity index (χ1v) is 5.87. The number of nitrogens with zero attached hydrogens (tertiary/aromatic N) is 2. The Labute approximate surface area is 116 Å². The molecular formula is C13H15N3O4. The van der Waals surface area contributed by atoms with E-state index in [-0.39, 0.29) is 11.3 Å². The van der Waals surface area contributed by atoms with Crippen LogP contribution in [0, 0.1) is 21.4 Å². The summed E-state index contributed by atoms with van der Waals surface area (Å²) in [6.45, 7) is 5.04. The lowest BCUT2D eigenvalue weighted by Crippen LogP contribution is -2.34. The summed E-state index contributed by atoms with van der Waals surface area (Å²) in [6, 6.07) is 6.41. The fraction of sp³-hybridized carbons (Fsp3) is 0.385. The summed E-state index contributed by atoms with van der Waals surface area (Å²) in [5.41, 5.74) is -0.826. The van der Waals surface area contributed by atoms with Gasteiger partial charge in [0.25, 0.3) is 5.69 Å². The van der Waals surface area contributed by atoms with Gasteiger partial charge in [-0.05, 0) is 26.8 Å². The van der Waals surface area contributed by atoms with Gasteiger partial charge in [-0.1, -0.05) is 12.1 Å². The lowest BCUT2D eigenvalue weighted by molar-refractivity contribution is -0.385. The van der Waals surface area contributed by atoms with Crippen LogP contribution in [-0.2, 0) is 4.74 Å². The van der Waals surface area contributed by atoms with Gasteiger partial charge in [0.15, 0.2) is 6.04 Å². The zero-order valence-electron chi connectivity index (χ0n) is 11.4. The Balaban J connectivity index is 2.96. The van der Waals surface area contributed by atoms with Gasteiger partial charge in [-0.15, -0.1) is 0 Å². The van der Waals surface area contributed by atoms with Gasteiger partial charge in [-0.3, -0.25) is 10.1 Å². The molecule has 0 spiro atoms. The fourth-order valence-electron chi connectivity index (χ4n) is 1.50. The van der Waals surface area contributed by atoms with Gasteiger partial charge in [-0.2, -0.15) is 5.26 Å². The molecule has 1 rings (SSSR count). The Morgan fingerprint density at radius 2 is 2.05 bits per heavy atom. The summed E-state index contributed by atoms with van der Waals surface area (Å²) in [5.74, 6) is 0. The number of benzene rings is 1. The number of nitro benzene ring substituents is 1. The van der Waals surface area contributed by atoms with Gasteiger partial charge >= 0.3 is 6.09 Å². The van der Waals surface area contributed by atoms with Crippen LogP contribution in [-0.4, -0.2) is 16.6 Å². The predicted molar refractivity (Wildman–Crippen MR) is 70.8 cm³/mol. The van der Waals surface area contributed by atoms with Crippen molar-refractivity contribution in [3.05, 3.63) is 39.9 Å². The molecule has 0 radical (unpaired) electrons. The molecule has 106 valence electrons. The first-order valence-electron chi connectivity index (χ1n) is 5.87. The van der Waals surface area contributed by atoms with Crippen LogP contribution >= 0.6 is 0 Å². The second kappa shape index (κ2) is 6.02. The van der Waals surface area contributed by atoms with Crippen LogP contribution in [0.2, 0.25) is 0 Å². The number of alkyl carbamates (subject to hydrolysis) is 1. The molecule has 20 heavy (non-hydrogen) atoms. The van der Waals surface area contributed by atoms with Gasteiger partial charge in [0.2, 0.25) is 0 Å². The Kier molecular flexibility index (Phi) is 4.64. The highest BCUT2D eigenvalue weighted by molar-refractivity contribution is 5.69. The van der Waals surface area contributed by atoms with E-state index in [1.54, 1.807) is 26.8 Å². The van der Waals surface area contributed by atoms with Gasteiger partial charge in [0, 0.05) is 6.07 Å². The number of amides is 1. The van der Waals surface area contributed by atoms with Crippen molar-refractivity contribution in [1.82, 2.24) is 5.32 Å². The minimum Gasteiger partial charge on any atom is -0.444 e. The highest BCUT2D eigenvalue weighted by Gasteiger charge is 2.25. The van der Waals surface area contributed by atoms with Crippen LogP contribution in [0.4, 0.5) is 10.5 Å². The number of carbonyl (C=O) groups is 1. The third-order valence-corrected chi connectivity index (χ3v) is 2.23. The molecule has 1 amide bonds. The first kappa shape index (κ1) is 15.4. The van der Waals surface area contributed by atoms with E-state index in [9.17, 15) is 14.9 Å². The summed E-state index contributed by atoms with van der Waals surface area (Å²) < 4.78 is 5.02. The minimum absolute atomic E-state index is 0.117. The Morgan fingerprint density at radius 1 is 1.45 bits per heavy atom. The number of nitriles is 1. The molecule has 0 heterocycles. The molecule has 1 aromatic rings. The number of hydrogen-bond donors (Lipinski definition) is 1. The van der Waals surface area contributed by atoms with Gasteiger partial charge < -0.3 is 10.1 Å². The van der Waals surface area contributed by atoms with E-state index in [2.05, 4.69) is 5.32 Å². The van der Waals surface area contributed by atoms with Crippen molar-refractivity contribution in [2.24, 2.45) is 0 Å². The van der Waals surface area contributed by atoms with Gasteiger partial charge in [0.05, 0.1) is 16.6 Å². The normalized spacial score (nSPS) is 12.1. The molecule has 0 fully saturated rings. The quantitative estimate of drug-likeness (QED) is 0.675. The van der Waals surface area contributed by atoms with Crippen LogP contribution in [0.3, 0.4) is 0 Å². The summed E-state index contributed by atoms with van der Waals surface area (Å²) in [4.78, 5) is 21.9. The maximum atomic E-state index is 11.6. The molecule has 0 aliphatic rings. The average molecular weight is 277 g/mol. The van der Waals surface area contributed by atoms with Crippen molar-refractivity contribution in [1.29, 1.82) is 5.26 Å². The number of rotatable bonds is 3. The van der Waals surface area contributed by atoms with E-state index < -0.39 is 22.7 Å². The molecule has 7 nitrogen and oxygen atoms in total. The predicted octanol–water partition coefficient (Wildman–Crippen LogP) is 2.68. The Morgan fingerprint density at radius 3 is 2.55 bits per heavy atom. The maximum absolute atomic E-state index is 11.6. The van der Waals surface area contributed by atoms with Gasteiger partial charge in [0.1, 0.15) is 5.60 Å². The highest BCUT2D eigenvalue weighted by atomic mass is 16.6. The highest BCUT2D eigenvalue weighted by Crippen LogP contribution is 2.24. The lowest BCUT2D eigenvalue weighted by atomic mass is 10.1. The van der Waals surface area contributed by atoms with E-state index >= 15 is 0 Å². The van der Waals surface area contributed by atoms with Crippen LogP contribution in [0.15, 0.2) is 24.3 Å². The third-order valence-electron chi connectivity index (χ3n) is 2.23. The second-order valence-corrected chi connectivity index (χ2v) is 5.02. The minimum atomic E-state index is -1.15. The van der Waals surface area contributed by atoms with Crippen LogP contribution in [0.1, 0.15) is 32.4 Å². The largest absolute Gasteiger partial charge is 0.444 e. The van der Waals surface area contributed by atoms with E-state index in [4.69, 9.17) is 10.00 Å². The van der Waals surface area contributed by atoms with Crippen molar-refractivity contribution in [2.75, 3.05) is 0 Å². The Hall–Kier alpha value is -2.62. The number of hydrogen-bond acceptors (Lipinski definition) is 5. The SMILES string of the molecule is CC(C)(C)OC(=O)NC(C#N)c1ccccc1[N+](=O)[O-]. The average Bonchev–Trinajstić information content (AvgIpc) is 2.33. The van der Waals surface area contributed by atoms with Crippen LogP contribution < -0.4 is 5.32 Å². The van der Waals surface area contributed by atoms with Crippen molar-refractivity contribution in [3.8, 4) is 6.07 Å². The molecule has 0 saturated heterocycles. The molecule has 1 atom stereocenters. The second-order valence-electron chi connectivity index (χ2n) is 5.02. The van der Waals surface area contributed by atoms with Crippen molar-refractivity contribution in [2.45, 2.75) is 32.4 Å².